The van der Waals surface area contributed by atoms with Crippen LogP contribution in [0.4, 0.5) is 0 Å². The smallest absolute Gasteiger partial charge is 0.394 e. The third-order valence-electron chi connectivity index (χ3n) is 2.25. The number of rotatable bonds is 6. The number of aliphatic hydroxyl groups excluding tert-OH is 2. The minimum Gasteiger partial charge on any atom is -0.394 e. The Morgan fingerprint density at radius 3 is 1.81 bits per heavy atom. The fraction of sp³-hybridized carbons (Fsp3) is 1.00. The summed E-state index contributed by atoms with van der Waals surface area (Å²) in [5, 5.41) is 17.5. The van der Waals surface area contributed by atoms with Gasteiger partial charge in [-0.2, -0.15) is 0 Å². The molecule has 1 rings (SSSR count). The molecule has 1 aliphatic rings. The Balaban J connectivity index is 0.000000368. The zero-order chi connectivity index (χ0) is 12.6. The summed E-state index contributed by atoms with van der Waals surface area (Å²) in [6.45, 7) is 2.81. The zero-order valence-electron chi connectivity index (χ0n) is 10.3. The number of epoxide rings is 1. The summed E-state index contributed by atoms with van der Waals surface area (Å²) >= 11 is 0. The second-order valence-electron chi connectivity index (χ2n) is 3.28. The predicted octanol–water partition coefficient (Wildman–Crippen LogP) is -0.448. The maximum Gasteiger partial charge on any atom is 0.530 e. The Hall–Kier alpha value is -0.0231. The van der Waals surface area contributed by atoms with Gasteiger partial charge in [-0.1, -0.05) is 6.92 Å². The molecule has 0 saturated carbocycles. The lowest BCUT2D eigenvalue weighted by molar-refractivity contribution is 0.0573. The number of hydrogen-bond acceptors (Lipinski definition) is 6. The van der Waals surface area contributed by atoms with E-state index in [4.69, 9.17) is 18.4 Å². The van der Waals surface area contributed by atoms with Crippen molar-refractivity contribution >= 4 is 8.80 Å². The monoisotopic (exact) mass is 254 g/mol. The molecule has 2 unspecified atom stereocenters. The SMILES string of the molecule is CCC(O)[Si](OC)(OC)OC.OCC1CO1. The Morgan fingerprint density at radius 1 is 1.31 bits per heavy atom. The summed E-state index contributed by atoms with van der Waals surface area (Å²) in [5.74, 6) is 0. The topological polar surface area (TPSA) is 80.7 Å². The molecule has 6 nitrogen and oxygen atoms in total. The van der Waals surface area contributed by atoms with Crippen LogP contribution in [0.2, 0.25) is 0 Å². The molecule has 1 aliphatic heterocycles. The van der Waals surface area contributed by atoms with E-state index in [0.717, 1.165) is 6.61 Å². The highest BCUT2D eigenvalue weighted by atomic mass is 28.4. The first-order valence-electron chi connectivity index (χ1n) is 5.16. The lowest BCUT2D eigenvalue weighted by Gasteiger charge is -2.27. The predicted molar refractivity (Wildman–Crippen MR) is 59.9 cm³/mol. The summed E-state index contributed by atoms with van der Waals surface area (Å²) in [7, 11) is 1.69. The maximum absolute atomic E-state index is 9.45. The molecule has 0 aromatic carbocycles. The van der Waals surface area contributed by atoms with E-state index in [9.17, 15) is 5.11 Å². The highest BCUT2D eigenvalue weighted by Gasteiger charge is 2.45. The molecule has 0 radical (unpaired) electrons. The van der Waals surface area contributed by atoms with E-state index in [2.05, 4.69) is 4.74 Å². The van der Waals surface area contributed by atoms with Crippen molar-refractivity contribution in [3.63, 3.8) is 0 Å². The molecular weight excluding hydrogens is 232 g/mol. The number of aliphatic hydroxyl groups is 2. The third-order valence-corrected chi connectivity index (χ3v) is 5.19. The second-order valence-corrected chi connectivity index (χ2v) is 6.38. The average molecular weight is 254 g/mol. The van der Waals surface area contributed by atoms with E-state index in [0.29, 0.717) is 6.42 Å². The van der Waals surface area contributed by atoms with Gasteiger partial charge in [0.2, 0.25) is 0 Å². The van der Waals surface area contributed by atoms with Crippen LogP contribution in [0.5, 0.6) is 0 Å². The fourth-order valence-electron chi connectivity index (χ4n) is 1.08. The van der Waals surface area contributed by atoms with Gasteiger partial charge >= 0.3 is 8.80 Å². The van der Waals surface area contributed by atoms with Crippen molar-refractivity contribution in [1.29, 1.82) is 0 Å². The highest BCUT2D eigenvalue weighted by molar-refractivity contribution is 6.61. The molecule has 0 aromatic heterocycles. The number of ether oxygens (including phenoxy) is 1. The lowest BCUT2D eigenvalue weighted by Crippen LogP contribution is -2.54. The van der Waals surface area contributed by atoms with Crippen LogP contribution in [0, 0.1) is 0 Å². The molecule has 0 spiro atoms. The first-order valence-corrected chi connectivity index (χ1v) is 6.96. The van der Waals surface area contributed by atoms with Crippen molar-refractivity contribution < 1.29 is 28.2 Å². The van der Waals surface area contributed by atoms with Crippen LogP contribution in [0.1, 0.15) is 13.3 Å². The maximum atomic E-state index is 9.45. The summed E-state index contributed by atoms with van der Waals surface area (Å²) in [5.41, 5.74) is -0.637. The molecule has 2 atom stereocenters. The van der Waals surface area contributed by atoms with Crippen LogP contribution in [-0.4, -0.2) is 65.4 Å². The van der Waals surface area contributed by atoms with Crippen molar-refractivity contribution in [3.8, 4) is 0 Å². The molecule has 0 bridgehead atoms. The van der Waals surface area contributed by atoms with Crippen LogP contribution in [-0.2, 0) is 18.0 Å². The molecule has 0 aromatic rings. The standard InChI is InChI=1S/C6H16O4Si.C3H6O2/c1-5-6(7)11(8-2,9-3)10-4;4-1-3-2-5-3/h6-7H,5H2,1-4H3;3-4H,1-2H2. The first kappa shape index (κ1) is 16.0. The van der Waals surface area contributed by atoms with Gasteiger partial charge in [-0.15, -0.1) is 0 Å². The van der Waals surface area contributed by atoms with Crippen molar-refractivity contribution in [2.45, 2.75) is 25.2 Å². The van der Waals surface area contributed by atoms with Gasteiger partial charge in [0.05, 0.1) is 13.2 Å². The van der Waals surface area contributed by atoms with E-state index in [1.54, 1.807) is 0 Å². The molecule has 1 heterocycles. The third kappa shape index (κ3) is 4.87. The van der Waals surface area contributed by atoms with E-state index >= 15 is 0 Å². The van der Waals surface area contributed by atoms with Crippen molar-refractivity contribution in [1.82, 2.24) is 0 Å². The highest BCUT2D eigenvalue weighted by Crippen LogP contribution is 2.13. The molecule has 2 N–H and O–H groups in total. The summed E-state index contributed by atoms with van der Waals surface area (Å²) in [4.78, 5) is 0. The quantitative estimate of drug-likeness (QED) is 0.494. The molecule has 1 fully saturated rings. The van der Waals surface area contributed by atoms with Crippen LogP contribution in [0.15, 0.2) is 0 Å². The number of hydrogen-bond donors (Lipinski definition) is 2. The fourth-order valence-corrected chi connectivity index (χ4v) is 2.90. The summed E-state index contributed by atoms with van der Waals surface area (Å²) in [6.07, 6.45) is 0.761. The van der Waals surface area contributed by atoms with E-state index < -0.39 is 14.5 Å². The second kappa shape index (κ2) is 8.12. The van der Waals surface area contributed by atoms with Gasteiger partial charge in [-0.05, 0) is 6.42 Å². The summed E-state index contributed by atoms with van der Waals surface area (Å²) < 4.78 is 19.7. The van der Waals surface area contributed by atoms with Crippen LogP contribution >= 0.6 is 0 Å². The van der Waals surface area contributed by atoms with Crippen molar-refractivity contribution in [2.24, 2.45) is 0 Å². The molecule has 0 aliphatic carbocycles. The van der Waals surface area contributed by atoms with Gasteiger partial charge in [0, 0.05) is 21.3 Å². The Labute approximate surface area is 97.5 Å². The molecule has 98 valence electrons. The molecule has 1 saturated heterocycles. The molecular formula is C9H22O6Si. The van der Waals surface area contributed by atoms with E-state index in [1.165, 1.54) is 21.3 Å². The Morgan fingerprint density at radius 2 is 1.75 bits per heavy atom. The van der Waals surface area contributed by atoms with E-state index in [-0.39, 0.29) is 12.7 Å². The first-order chi connectivity index (χ1) is 7.60. The van der Waals surface area contributed by atoms with Gasteiger partial charge in [-0.25, -0.2) is 0 Å². The summed E-state index contributed by atoms with van der Waals surface area (Å²) in [6, 6.07) is 0. The Kier molecular flexibility index (Phi) is 8.11. The molecule has 0 amide bonds. The van der Waals surface area contributed by atoms with Gasteiger partial charge in [0.15, 0.2) is 0 Å². The average Bonchev–Trinajstić information content (AvgIpc) is 3.16. The molecule has 16 heavy (non-hydrogen) atoms. The minimum absolute atomic E-state index is 0.190. The van der Waals surface area contributed by atoms with Crippen LogP contribution in [0.3, 0.4) is 0 Å². The van der Waals surface area contributed by atoms with Crippen molar-refractivity contribution in [2.75, 3.05) is 34.5 Å². The van der Waals surface area contributed by atoms with Crippen LogP contribution in [0.25, 0.3) is 0 Å². The lowest BCUT2D eigenvalue weighted by atomic mass is 10.5. The largest absolute Gasteiger partial charge is 0.530 e. The normalized spacial score (nSPS) is 21.0. The Bertz CT molecular complexity index is 163. The zero-order valence-corrected chi connectivity index (χ0v) is 11.3. The van der Waals surface area contributed by atoms with Crippen molar-refractivity contribution in [3.05, 3.63) is 0 Å². The van der Waals surface area contributed by atoms with Gasteiger partial charge in [0.25, 0.3) is 0 Å². The van der Waals surface area contributed by atoms with Gasteiger partial charge in [-0.3, -0.25) is 0 Å². The van der Waals surface area contributed by atoms with E-state index in [1.807, 2.05) is 6.92 Å². The van der Waals surface area contributed by atoms with Crippen LogP contribution < -0.4 is 0 Å². The molecule has 7 heteroatoms. The van der Waals surface area contributed by atoms with Gasteiger partial charge < -0.3 is 28.2 Å². The minimum atomic E-state index is -2.77. The van der Waals surface area contributed by atoms with Gasteiger partial charge in [0.1, 0.15) is 11.8 Å².